The van der Waals surface area contributed by atoms with E-state index in [2.05, 4.69) is 144 Å². The van der Waals surface area contributed by atoms with Crippen molar-refractivity contribution in [3.63, 3.8) is 0 Å². The molecule has 2 aromatic carbocycles. The Bertz CT molecular complexity index is 1690. The van der Waals surface area contributed by atoms with E-state index in [0.717, 1.165) is 32.1 Å². The number of hydrogen-bond donors (Lipinski definition) is 0. The standard InChI is InChI=1S/C43H56N2/c1-9-12-17-31-22-23-39-36-21-16-15-19-34(36)33(28-43(10-2,11-3)45(39)29-31)26-32-18-13-14-20-35(32)40-27-37-38(30-44(40)8)42(6,7)25-24-41(37,4)5/h13-16,18-23,27,29-30,33H,9-12,17,24-26,28H2,1-8H3/q+2. The van der Waals surface area contributed by atoms with E-state index < -0.39 is 0 Å². The molecule has 0 amide bonds. The largest absolute Gasteiger partial charge is 0.213 e. The van der Waals surface area contributed by atoms with Crippen molar-refractivity contribution >= 4 is 0 Å². The molecular formula is C43H56N2+2. The first-order valence-corrected chi connectivity index (χ1v) is 17.8. The number of rotatable bonds is 8. The summed E-state index contributed by atoms with van der Waals surface area (Å²) in [6.45, 7) is 16.9. The summed E-state index contributed by atoms with van der Waals surface area (Å²) in [7, 11) is 2.26. The third-order valence-electron chi connectivity index (χ3n) is 11.8. The van der Waals surface area contributed by atoms with Crippen LogP contribution in [-0.4, -0.2) is 0 Å². The van der Waals surface area contributed by atoms with Gasteiger partial charge in [-0.1, -0.05) is 91.3 Å². The molecule has 2 aromatic heterocycles. The van der Waals surface area contributed by atoms with Gasteiger partial charge >= 0.3 is 0 Å². The van der Waals surface area contributed by atoms with Crippen LogP contribution < -0.4 is 9.13 Å². The molecule has 0 saturated heterocycles. The normalized spacial score (nSPS) is 19.2. The molecule has 0 saturated carbocycles. The molecule has 2 aliphatic rings. The topological polar surface area (TPSA) is 7.76 Å². The van der Waals surface area contributed by atoms with Crippen molar-refractivity contribution in [2.75, 3.05) is 0 Å². The highest BCUT2D eigenvalue weighted by molar-refractivity contribution is 5.66. The Labute approximate surface area is 273 Å². The zero-order valence-corrected chi connectivity index (χ0v) is 29.3. The molecule has 236 valence electrons. The molecule has 45 heavy (non-hydrogen) atoms. The Morgan fingerprint density at radius 2 is 1.40 bits per heavy atom. The van der Waals surface area contributed by atoms with Gasteiger partial charge in [0.25, 0.3) is 0 Å². The first-order valence-electron chi connectivity index (χ1n) is 17.8. The summed E-state index contributed by atoms with van der Waals surface area (Å²) in [5.74, 6) is 0.430. The number of pyridine rings is 2. The minimum absolute atomic E-state index is 0.0856. The summed E-state index contributed by atoms with van der Waals surface area (Å²) in [5.41, 5.74) is 13.5. The zero-order valence-electron chi connectivity index (χ0n) is 29.3. The smallest absolute Gasteiger partial charge is 0.201 e. The number of nitrogens with zero attached hydrogens (tertiary/aromatic N) is 2. The van der Waals surface area contributed by atoms with Crippen molar-refractivity contribution in [1.82, 2.24) is 0 Å². The van der Waals surface area contributed by atoms with E-state index >= 15 is 0 Å². The minimum atomic E-state index is 0.0856. The second-order valence-corrected chi connectivity index (χ2v) is 15.5. The van der Waals surface area contributed by atoms with Crippen LogP contribution in [0.25, 0.3) is 22.5 Å². The third-order valence-corrected chi connectivity index (χ3v) is 11.8. The van der Waals surface area contributed by atoms with Gasteiger partial charge in [-0.25, -0.2) is 4.57 Å². The first kappa shape index (κ1) is 31.7. The average molecular weight is 601 g/mol. The lowest BCUT2D eigenvalue weighted by atomic mass is 9.63. The van der Waals surface area contributed by atoms with Gasteiger partial charge in [0.1, 0.15) is 7.05 Å². The van der Waals surface area contributed by atoms with E-state index in [1.165, 1.54) is 76.0 Å². The van der Waals surface area contributed by atoms with Crippen LogP contribution in [0.1, 0.15) is 127 Å². The minimum Gasteiger partial charge on any atom is -0.201 e. The van der Waals surface area contributed by atoms with Gasteiger partial charge in [0.2, 0.25) is 11.4 Å². The monoisotopic (exact) mass is 600 g/mol. The van der Waals surface area contributed by atoms with Crippen molar-refractivity contribution in [1.29, 1.82) is 0 Å². The number of aryl methyl sites for hydroxylation is 2. The van der Waals surface area contributed by atoms with Crippen LogP contribution in [0.2, 0.25) is 0 Å². The molecule has 6 rings (SSSR count). The maximum atomic E-state index is 2.70. The number of aromatic nitrogens is 2. The Morgan fingerprint density at radius 1 is 0.733 bits per heavy atom. The van der Waals surface area contributed by atoms with Gasteiger partial charge < -0.3 is 0 Å². The summed E-state index contributed by atoms with van der Waals surface area (Å²) < 4.78 is 5.11. The average Bonchev–Trinajstić information content (AvgIpc) is 3.15. The summed E-state index contributed by atoms with van der Waals surface area (Å²) in [6.07, 6.45) is 15.5. The zero-order chi connectivity index (χ0) is 32.0. The van der Waals surface area contributed by atoms with E-state index in [4.69, 9.17) is 0 Å². The molecule has 4 aromatic rings. The van der Waals surface area contributed by atoms with Crippen LogP contribution in [0.4, 0.5) is 0 Å². The lowest BCUT2D eigenvalue weighted by Gasteiger charge is -2.40. The fourth-order valence-electron chi connectivity index (χ4n) is 8.62. The quantitative estimate of drug-likeness (QED) is 0.178. The molecule has 2 nitrogen and oxygen atoms in total. The molecule has 1 aliphatic heterocycles. The Kier molecular flexibility index (Phi) is 8.57. The lowest BCUT2D eigenvalue weighted by Crippen LogP contribution is -2.57. The summed E-state index contributed by atoms with van der Waals surface area (Å²) in [4.78, 5) is 0. The van der Waals surface area contributed by atoms with E-state index in [1.807, 2.05) is 0 Å². The summed E-state index contributed by atoms with van der Waals surface area (Å²) >= 11 is 0. The maximum Gasteiger partial charge on any atom is 0.213 e. The fraction of sp³-hybridized carbons (Fsp3) is 0.488. The van der Waals surface area contributed by atoms with Gasteiger partial charge in [-0.05, 0) is 83.7 Å². The predicted molar refractivity (Wildman–Crippen MR) is 189 cm³/mol. The van der Waals surface area contributed by atoms with Crippen molar-refractivity contribution in [2.24, 2.45) is 7.05 Å². The Balaban J connectivity index is 1.46. The van der Waals surface area contributed by atoms with Crippen LogP contribution >= 0.6 is 0 Å². The molecule has 0 N–H and O–H groups in total. The van der Waals surface area contributed by atoms with Crippen LogP contribution in [0.15, 0.2) is 79.1 Å². The second kappa shape index (κ2) is 12.2. The Hall–Kier alpha value is -3.26. The van der Waals surface area contributed by atoms with Crippen molar-refractivity contribution in [3.05, 3.63) is 107 Å². The molecule has 0 radical (unpaired) electrons. The highest BCUT2D eigenvalue weighted by atomic mass is 15.1. The number of hydrogen-bond acceptors (Lipinski definition) is 0. The van der Waals surface area contributed by atoms with Gasteiger partial charge in [-0.2, -0.15) is 4.57 Å². The highest BCUT2D eigenvalue weighted by Gasteiger charge is 2.45. The Morgan fingerprint density at radius 3 is 2.11 bits per heavy atom. The maximum absolute atomic E-state index is 2.70. The van der Waals surface area contributed by atoms with Gasteiger partial charge in [0.05, 0.1) is 0 Å². The molecule has 0 fully saturated rings. The molecule has 3 heterocycles. The second-order valence-electron chi connectivity index (χ2n) is 15.5. The molecule has 0 spiro atoms. The lowest BCUT2D eigenvalue weighted by molar-refractivity contribution is -0.757. The third kappa shape index (κ3) is 5.68. The number of fused-ring (bicyclic) bond motifs is 4. The predicted octanol–water partition coefficient (Wildman–Crippen LogP) is 10.1. The van der Waals surface area contributed by atoms with Crippen LogP contribution in [0.5, 0.6) is 0 Å². The fourth-order valence-corrected chi connectivity index (χ4v) is 8.62. The van der Waals surface area contributed by atoms with E-state index in [1.54, 1.807) is 0 Å². The molecule has 1 atom stereocenters. The molecule has 1 unspecified atom stereocenters. The highest BCUT2D eigenvalue weighted by Crippen LogP contribution is 2.47. The number of benzene rings is 2. The van der Waals surface area contributed by atoms with Gasteiger partial charge in [-0.3, -0.25) is 0 Å². The number of unbranched alkanes of at least 4 members (excludes halogenated alkanes) is 1. The van der Waals surface area contributed by atoms with Crippen LogP contribution in [-0.2, 0) is 36.3 Å². The summed E-state index contributed by atoms with van der Waals surface area (Å²) in [5, 5.41) is 0. The van der Waals surface area contributed by atoms with Gasteiger partial charge in [0, 0.05) is 53.6 Å². The SMILES string of the molecule is CCCCc1ccc2[n+](c1)C(CC)(CC)CC(Cc1ccccc1-c1cc3c(c[n+]1C)C(C)(C)CCC3(C)C)c1ccccc1-2. The molecule has 1 aliphatic carbocycles. The van der Waals surface area contributed by atoms with Crippen molar-refractivity contribution < 1.29 is 9.13 Å². The van der Waals surface area contributed by atoms with Crippen molar-refractivity contribution in [2.45, 2.75) is 129 Å². The molecule has 2 heteroatoms. The van der Waals surface area contributed by atoms with Crippen LogP contribution in [0.3, 0.4) is 0 Å². The van der Waals surface area contributed by atoms with Crippen molar-refractivity contribution in [3.8, 4) is 22.5 Å². The van der Waals surface area contributed by atoms with E-state index in [0.29, 0.717) is 5.92 Å². The first-order chi connectivity index (χ1) is 21.5. The van der Waals surface area contributed by atoms with E-state index in [-0.39, 0.29) is 16.4 Å². The van der Waals surface area contributed by atoms with Gasteiger partial charge in [-0.15, -0.1) is 0 Å². The van der Waals surface area contributed by atoms with Crippen LogP contribution in [0, 0.1) is 0 Å². The summed E-state index contributed by atoms with van der Waals surface area (Å²) in [6, 6.07) is 25.9. The molecular weight excluding hydrogens is 544 g/mol. The van der Waals surface area contributed by atoms with E-state index in [9.17, 15) is 0 Å². The molecule has 0 bridgehead atoms. The van der Waals surface area contributed by atoms with Gasteiger partial charge in [0.15, 0.2) is 17.9 Å².